The highest BCUT2D eigenvalue weighted by Gasteiger charge is 2.48. The first kappa shape index (κ1) is 18.7. The van der Waals surface area contributed by atoms with Crippen molar-refractivity contribution in [2.75, 3.05) is 19.8 Å². The molecule has 2 heterocycles. The summed E-state index contributed by atoms with van der Waals surface area (Å²) in [4.78, 5) is 3.98. The monoisotopic (exact) mass is 411 g/mol. The lowest BCUT2D eigenvalue weighted by Crippen LogP contribution is -2.47. The van der Waals surface area contributed by atoms with E-state index in [1.54, 1.807) is 22.6 Å². The van der Waals surface area contributed by atoms with Crippen molar-refractivity contribution in [1.29, 1.82) is 0 Å². The SMILES string of the molecule is CN(C)C1(c2ccc(F)cc2)CCC2(CC1)SCCc1sc3ccccc3c12. The van der Waals surface area contributed by atoms with E-state index in [0.717, 1.165) is 12.8 Å². The van der Waals surface area contributed by atoms with E-state index in [1.165, 1.54) is 40.7 Å². The van der Waals surface area contributed by atoms with Crippen LogP contribution in [-0.2, 0) is 16.7 Å². The number of thioether (sulfide) groups is 1. The van der Waals surface area contributed by atoms with Crippen LogP contribution in [0.1, 0.15) is 41.7 Å². The lowest BCUT2D eigenvalue weighted by molar-refractivity contribution is 0.0848. The normalized spacial score (nSPS) is 27.4. The third-order valence-electron chi connectivity index (χ3n) is 6.95. The van der Waals surface area contributed by atoms with Gasteiger partial charge in [0.05, 0.1) is 0 Å². The fraction of sp³-hybridized carbons (Fsp3) is 0.417. The number of benzene rings is 2. The molecule has 0 unspecified atom stereocenters. The Balaban J connectivity index is 1.54. The maximum atomic E-state index is 13.5. The molecule has 0 atom stereocenters. The second kappa shape index (κ2) is 6.86. The molecule has 2 aromatic carbocycles. The van der Waals surface area contributed by atoms with Crippen LogP contribution < -0.4 is 0 Å². The van der Waals surface area contributed by atoms with Crippen molar-refractivity contribution in [3.05, 3.63) is 70.4 Å². The molecule has 28 heavy (non-hydrogen) atoms. The summed E-state index contributed by atoms with van der Waals surface area (Å²) in [6, 6.07) is 16.2. The van der Waals surface area contributed by atoms with Crippen molar-refractivity contribution in [2.24, 2.45) is 0 Å². The van der Waals surface area contributed by atoms with Gasteiger partial charge in [0.25, 0.3) is 0 Å². The Kier molecular flexibility index (Phi) is 4.57. The van der Waals surface area contributed by atoms with Crippen LogP contribution in [-0.4, -0.2) is 24.7 Å². The quantitative estimate of drug-likeness (QED) is 0.470. The standard InChI is InChI=1S/C24H26FNS2/c1-26(2)23(17-7-9-18(25)10-8-17)12-14-24(15-13-23)22-19-5-3-4-6-20(19)28-21(22)11-16-27-24/h3-10H,11-16H2,1-2H3. The van der Waals surface area contributed by atoms with Crippen LogP contribution in [0.3, 0.4) is 0 Å². The zero-order chi connectivity index (χ0) is 19.4. The molecule has 0 bridgehead atoms. The number of hydrogen-bond donors (Lipinski definition) is 0. The average molecular weight is 412 g/mol. The minimum Gasteiger partial charge on any atom is -0.300 e. The van der Waals surface area contributed by atoms with Gasteiger partial charge in [0.2, 0.25) is 0 Å². The number of thiophene rings is 1. The first-order valence-electron chi connectivity index (χ1n) is 10.1. The summed E-state index contributed by atoms with van der Waals surface area (Å²) in [5, 5.41) is 1.48. The van der Waals surface area contributed by atoms with Gasteiger partial charge in [-0.25, -0.2) is 4.39 Å². The van der Waals surface area contributed by atoms with Crippen LogP contribution in [0.5, 0.6) is 0 Å². The van der Waals surface area contributed by atoms with E-state index < -0.39 is 0 Å². The molecule has 1 saturated carbocycles. The Hall–Kier alpha value is -1.36. The Bertz CT molecular complexity index is 997. The predicted octanol–water partition coefficient (Wildman–Crippen LogP) is 6.56. The summed E-state index contributed by atoms with van der Waals surface area (Å²) >= 11 is 4.19. The van der Waals surface area contributed by atoms with E-state index in [0.29, 0.717) is 0 Å². The molecular weight excluding hydrogens is 385 g/mol. The van der Waals surface area contributed by atoms with Crippen LogP contribution >= 0.6 is 23.1 Å². The van der Waals surface area contributed by atoms with Crippen molar-refractivity contribution in [2.45, 2.75) is 42.4 Å². The van der Waals surface area contributed by atoms with Gasteiger partial charge in [0.15, 0.2) is 0 Å². The molecule has 1 aromatic heterocycles. The predicted molar refractivity (Wildman–Crippen MR) is 120 cm³/mol. The fourth-order valence-corrected chi connectivity index (χ4v) is 8.46. The Morgan fingerprint density at radius 2 is 1.64 bits per heavy atom. The summed E-state index contributed by atoms with van der Waals surface area (Å²) in [5.41, 5.74) is 2.89. The van der Waals surface area contributed by atoms with E-state index in [1.807, 2.05) is 23.5 Å². The molecule has 0 saturated heterocycles. The largest absolute Gasteiger partial charge is 0.300 e. The number of halogens is 1. The summed E-state index contributed by atoms with van der Waals surface area (Å²) < 4.78 is 15.2. The lowest BCUT2D eigenvalue weighted by atomic mass is 9.69. The molecule has 1 aliphatic carbocycles. The van der Waals surface area contributed by atoms with Crippen LogP contribution in [0.2, 0.25) is 0 Å². The maximum absolute atomic E-state index is 13.5. The Morgan fingerprint density at radius 3 is 2.36 bits per heavy atom. The van der Waals surface area contributed by atoms with Crippen molar-refractivity contribution in [3.8, 4) is 0 Å². The molecule has 5 rings (SSSR count). The Labute approximate surface area is 174 Å². The number of rotatable bonds is 2. The van der Waals surface area contributed by atoms with Crippen molar-refractivity contribution < 1.29 is 4.39 Å². The van der Waals surface area contributed by atoms with Gasteiger partial charge >= 0.3 is 0 Å². The molecule has 1 spiro atoms. The first-order valence-corrected chi connectivity index (χ1v) is 11.9. The molecule has 146 valence electrons. The summed E-state index contributed by atoms with van der Waals surface area (Å²) in [7, 11) is 4.36. The topological polar surface area (TPSA) is 3.24 Å². The van der Waals surface area contributed by atoms with Gasteiger partial charge in [0, 0.05) is 19.9 Å². The highest BCUT2D eigenvalue weighted by atomic mass is 32.2. The Morgan fingerprint density at radius 1 is 0.929 bits per heavy atom. The van der Waals surface area contributed by atoms with E-state index in [-0.39, 0.29) is 16.1 Å². The van der Waals surface area contributed by atoms with E-state index in [2.05, 4.69) is 55.0 Å². The van der Waals surface area contributed by atoms with Crippen LogP contribution in [0, 0.1) is 5.82 Å². The third kappa shape index (κ3) is 2.76. The second-order valence-corrected chi connectivity index (χ2v) is 11.0. The highest BCUT2D eigenvalue weighted by Crippen LogP contribution is 2.59. The number of hydrogen-bond acceptors (Lipinski definition) is 3. The zero-order valence-corrected chi connectivity index (χ0v) is 18.1. The second-order valence-electron chi connectivity index (χ2n) is 8.42. The molecule has 0 N–H and O–H groups in total. The van der Waals surface area contributed by atoms with Crippen LogP contribution in [0.4, 0.5) is 4.39 Å². The zero-order valence-electron chi connectivity index (χ0n) is 16.5. The van der Waals surface area contributed by atoms with Gasteiger partial charge in [-0.05, 0) is 86.7 Å². The van der Waals surface area contributed by atoms with Crippen molar-refractivity contribution in [3.63, 3.8) is 0 Å². The molecular formula is C24H26FNS2. The molecule has 4 heteroatoms. The van der Waals surface area contributed by atoms with Crippen molar-refractivity contribution >= 4 is 33.2 Å². The van der Waals surface area contributed by atoms with E-state index in [9.17, 15) is 4.39 Å². The van der Waals surface area contributed by atoms with Crippen LogP contribution in [0.25, 0.3) is 10.1 Å². The minimum atomic E-state index is -0.151. The molecule has 3 aromatic rings. The minimum absolute atomic E-state index is 0.00292. The number of aryl methyl sites for hydroxylation is 1. The van der Waals surface area contributed by atoms with Gasteiger partial charge in [-0.1, -0.05) is 30.3 Å². The molecule has 1 fully saturated rings. The smallest absolute Gasteiger partial charge is 0.123 e. The summed E-state index contributed by atoms with van der Waals surface area (Å²) in [6.07, 6.45) is 5.80. The molecule has 1 aliphatic heterocycles. The molecule has 1 nitrogen and oxygen atoms in total. The van der Waals surface area contributed by atoms with Gasteiger partial charge < -0.3 is 0 Å². The maximum Gasteiger partial charge on any atom is 0.123 e. The number of fused-ring (bicyclic) bond motifs is 4. The van der Waals surface area contributed by atoms with Gasteiger partial charge in [-0.15, -0.1) is 23.1 Å². The lowest BCUT2D eigenvalue weighted by Gasteiger charge is -2.51. The van der Waals surface area contributed by atoms with E-state index in [4.69, 9.17) is 0 Å². The number of nitrogens with zero attached hydrogens (tertiary/aromatic N) is 1. The first-order chi connectivity index (χ1) is 13.5. The third-order valence-corrected chi connectivity index (χ3v) is 9.76. The summed E-state index contributed by atoms with van der Waals surface area (Å²) in [5.74, 6) is 1.08. The van der Waals surface area contributed by atoms with Crippen molar-refractivity contribution in [1.82, 2.24) is 4.90 Å². The van der Waals surface area contributed by atoms with Gasteiger partial charge in [-0.3, -0.25) is 4.90 Å². The van der Waals surface area contributed by atoms with Gasteiger partial charge in [-0.2, -0.15) is 0 Å². The average Bonchev–Trinajstić information content (AvgIpc) is 3.09. The molecule has 0 radical (unpaired) electrons. The molecule has 0 amide bonds. The summed E-state index contributed by atoms with van der Waals surface area (Å²) in [6.45, 7) is 0. The highest BCUT2D eigenvalue weighted by molar-refractivity contribution is 8.00. The molecule has 2 aliphatic rings. The fourth-order valence-electron chi connectivity index (χ4n) is 5.40. The van der Waals surface area contributed by atoms with Gasteiger partial charge in [0.1, 0.15) is 5.82 Å². The van der Waals surface area contributed by atoms with Crippen LogP contribution in [0.15, 0.2) is 48.5 Å². The van der Waals surface area contributed by atoms with E-state index >= 15 is 0 Å².